The van der Waals surface area contributed by atoms with E-state index in [0.29, 0.717) is 0 Å². The molecule has 2 atom stereocenters. The highest BCUT2D eigenvalue weighted by Gasteiger charge is 2.37. The Labute approximate surface area is 193 Å². The largest absolute Gasteiger partial charge is 0.489 e. The van der Waals surface area contributed by atoms with Crippen LogP contribution >= 0.6 is 0 Å². The number of hydrogen-bond donors (Lipinski definition) is 0. The lowest BCUT2D eigenvalue weighted by molar-refractivity contribution is 0.173. The molecule has 4 aromatic rings. The van der Waals surface area contributed by atoms with Crippen molar-refractivity contribution in [2.24, 2.45) is 0 Å². The molecule has 2 heterocycles. The molecule has 0 N–H and O–H groups in total. The van der Waals surface area contributed by atoms with Gasteiger partial charge in [0.2, 0.25) is 6.79 Å². The Bertz CT molecular complexity index is 1280. The molecule has 2 aliphatic rings. The lowest BCUT2D eigenvalue weighted by atomic mass is 9.85. The van der Waals surface area contributed by atoms with Crippen molar-refractivity contribution in [1.82, 2.24) is 0 Å². The molecule has 6 rings (SSSR count). The van der Waals surface area contributed by atoms with Crippen LogP contribution in [-0.2, 0) is 6.42 Å². The zero-order valence-electron chi connectivity index (χ0n) is 18.2. The van der Waals surface area contributed by atoms with Gasteiger partial charge in [0.15, 0.2) is 11.5 Å². The van der Waals surface area contributed by atoms with E-state index in [-0.39, 0.29) is 18.8 Å². The first-order valence-corrected chi connectivity index (χ1v) is 11.3. The van der Waals surface area contributed by atoms with E-state index in [1.54, 1.807) is 0 Å². The SMILES string of the molecule is C(=C\c1ccc([C@@H]2c3cc4c(cc3O[C@H]2Cc2ccccc2)OCO4)cc1)/c1ccccc1. The van der Waals surface area contributed by atoms with E-state index in [2.05, 4.69) is 91.0 Å². The third-order valence-corrected chi connectivity index (χ3v) is 6.33. The second kappa shape index (κ2) is 8.51. The van der Waals surface area contributed by atoms with Crippen molar-refractivity contribution in [3.8, 4) is 17.2 Å². The standard InChI is InChI=1S/C30H24O3/c1-3-7-21(8-4-1)11-12-22-13-15-24(16-14-22)30-25-18-27-28(32-20-31-27)19-26(25)33-29(30)17-23-9-5-2-6-10-23/h1-16,18-19,29-30H,17,20H2/b12-11+/t29-,30+/m0/s1. The zero-order valence-corrected chi connectivity index (χ0v) is 18.2. The number of rotatable bonds is 5. The highest BCUT2D eigenvalue weighted by Crippen LogP contribution is 2.49. The van der Waals surface area contributed by atoms with Gasteiger partial charge in [-0.25, -0.2) is 0 Å². The van der Waals surface area contributed by atoms with E-state index in [1.165, 1.54) is 22.3 Å². The van der Waals surface area contributed by atoms with E-state index in [9.17, 15) is 0 Å². The maximum Gasteiger partial charge on any atom is 0.231 e. The van der Waals surface area contributed by atoms with Crippen molar-refractivity contribution >= 4 is 12.2 Å². The highest BCUT2D eigenvalue weighted by molar-refractivity contribution is 5.69. The molecule has 3 nitrogen and oxygen atoms in total. The van der Waals surface area contributed by atoms with Gasteiger partial charge < -0.3 is 14.2 Å². The van der Waals surface area contributed by atoms with Crippen molar-refractivity contribution in [3.63, 3.8) is 0 Å². The second-order valence-electron chi connectivity index (χ2n) is 8.48. The summed E-state index contributed by atoms with van der Waals surface area (Å²) in [6.45, 7) is 0.263. The Balaban J connectivity index is 1.32. The van der Waals surface area contributed by atoms with E-state index in [0.717, 1.165) is 29.2 Å². The van der Waals surface area contributed by atoms with Crippen LogP contribution in [0.25, 0.3) is 12.2 Å². The van der Waals surface area contributed by atoms with Gasteiger partial charge in [0, 0.05) is 18.1 Å². The molecule has 0 aliphatic carbocycles. The summed E-state index contributed by atoms with van der Waals surface area (Å²) in [6, 6.07) is 33.8. The number of benzene rings is 4. The molecule has 3 heteroatoms. The Morgan fingerprint density at radius 2 is 1.30 bits per heavy atom. The maximum atomic E-state index is 6.49. The minimum atomic E-state index is 0.00985. The molecular formula is C30H24O3. The zero-order chi connectivity index (χ0) is 22.0. The summed E-state index contributed by atoms with van der Waals surface area (Å²) < 4.78 is 17.7. The molecule has 0 saturated heterocycles. The molecule has 0 aromatic heterocycles. The van der Waals surface area contributed by atoms with Gasteiger partial charge in [-0.2, -0.15) is 0 Å². The van der Waals surface area contributed by atoms with Gasteiger partial charge in [-0.15, -0.1) is 0 Å². The summed E-state index contributed by atoms with van der Waals surface area (Å²) in [4.78, 5) is 0. The van der Waals surface area contributed by atoms with Crippen LogP contribution in [-0.4, -0.2) is 12.9 Å². The van der Waals surface area contributed by atoms with Crippen LogP contribution in [0.15, 0.2) is 97.1 Å². The van der Waals surface area contributed by atoms with Crippen molar-refractivity contribution in [1.29, 1.82) is 0 Å². The van der Waals surface area contributed by atoms with E-state index < -0.39 is 0 Å². The second-order valence-corrected chi connectivity index (χ2v) is 8.48. The summed E-state index contributed by atoms with van der Waals surface area (Å²) in [5.41, 5.74) is 6.03. The van der Waals surface area contributed by atoms with Gasteiger partial charge in [-0.05, 0) is 28.3 Å². The summed E-state index contributed by atoms with van der Waals surface area (Å²) in [5.74, 6) is 2.57. The van der Waals surface area contributed by atoms with Gasteiger partial charge in [-0.1, -0.05) is 97.1 Å². The lowest BCUT2D eigenvalue weighted by Crippen LogP contribution is -2.22. The minimum Gasteiger partial charge on any atom is -0.489 e. The van der Waals surface area contributed by atoms with Crippen molar-refractivity contribution in [2.45, 2.75) is 18.4 Å². The molecule has 0 fully saturated rings. The average molecular weight is 433 g/mol. The maximum absolute atomic E-state index is 6.49. The minimum absolute atomic E-state index is 0.00985. The average Bonchev–Trinajstić information content (AvgIpc) is 3.46. The van der Waals surface area contributed by atoms with Crippen molar-refractivity contribution in [2.75, 3.05) is 6.79 Å². The quantitative estimate of drug-likeness (QED) is 0.328. The van der Waals surface area contributed by atoms with E-state index >= 15 is 0 Å². The fourth-order valence-corrected chi connectivity index (χ4v) is 4.69. The molecule has 0 radical (unpaired) electrons. The first kappa shape index (κ1) is 19.7. The predicted octanol–water partition coefficient (Wildman–Crippen LogP) is 6.72. The van der Waals surface area contributed by atoms with E-state index in [4.69, 9.17) is 14.2 Å². The van der Waals surface area contributed by atoms with Crippen LogP contribution in [0.1, 0.15) is 33.7 Å². The first-order valence-electron chi connectivity index (χ1n) is 11.3. The molecule has 33 heavy (non-hydrogen) atoms. The normalized spacial score (nSPS) is 18.3. The van der Waals surface area contributed by atoms with Gasteiger partial charge in [0.05, 0.1) is 5.92 Å². The van der Waals surface area contributed by atoms with Crippen LogP contribution < -0.4 is 14.2 Å². The fourth-order valence-electron chi connectivity index (χ4n) is 4.69. The number of fused-ring (bicyclic) bond motifs is 2. The molecule has 162 valence electrons. The smallest absolute Gasteiger partial charge is 0.231 e. The molecule has 0 amide bonds. The van der Waals surface area contributed by atoms with Crippen LogP contribution in [0, 0.1) is 0 Å². The molecule has 4 aromatic carbocycles. The Morgan fingerprint density at radius 3 is 2.03 bits per heavy atom. The Morgan fingerprint density at radius 1 is 0.667 bits per heavy atom. The van der Waals surface area contributed by atoms with Crippen LogP contribution in [0.4, 0.5) is 0 Å². The van der Waals surface area contributed by atoms with Crippen LogP contribution in [0.3, 0.4) is 0 Å². The number of ether oxygens (including phenoxy) is 3. The first-order chi connectivity index (χ1) is 16.3. The van der Waals surface area contributed by atoms with Gasteiger partial charge >= 0.3 is 0 Å². The summed E-state index contributed by atoms with van der Waals surface area (Å²) in [6.07, 6.45) is 5.14. The van der Waals surface area contributed by atoms with Gasteiger partial charge in [0.1, 0.15) is 11.9 Å². The molecule has 0 saturated carbocycles. The van der Waals surface area contributed by atoms with Crippen molar-refractivity contribution in [3.05, 3.63) is 125 Å². The third kappa shape index (κ3) is 3.98. The van der Waals surface area contributed by atoms with Crippen LogP contribution in [0.5, 0.6) is 17.2 Å². The van der Waals surface area contributed by atoms with E-state index in [1.807, 2.05) is 18.2 Å². The molecule has 2 aliphatic heterocycles. The molecule has 0 unspecified atom stereocenters. The van der Waals surface area contributed by atoms with Crippen LogP contribution in [0.2, 0.25) is 0 Å². The third-order valence-electron chi connectivity index (χ3n) is 6.33. The molecule has 0 spiro atoms. The predicted molar refractivity (Wildman–Crippen MR) is 131 cm³/mol. The summed E-state index contributed by atoms with van der Waals surface area (Å²) >= 11 is 0. The summed E-state index contributed by atoms with van der Waals surface area (Å²) in [5, 5.41) is 0. The highest BCUT2D eigenvalue weighted by atomic mass is 16.7. The molecular weight excluding hydrogens is 408 g/mol. The topological polar surface area (TPSA) is 27.7 Å². The molecule has 0 bridgehead atoms. The summed E-state index contributed by atoms with van der Waals surface area (Å²) in [7, 11) is 0. The number of hydrogen-bond acceptors (Lipinski definition) is 3. The monoisotopic (exact) mass is 432 g/mol. The fraction of sp³-hybridized carbons (Fsp3) is 0.133. The van der Waals surface area contributed by atoms with Crippen molar-refractivity contribution < 1.29 is 14.2 Å². The van der Waals surface area contributed by atoms with Gasteiger partial charge in [0.25, 0.3) is 0 Å². The Hall–Kier alpha value is -3.98. The lowest BCUT2D eigenvalue weighted by Gasteiger charge is -2.20. The van der Waals surface area contributed by atoms with Gasteiger partial charge in [-0.3, -0.25) is 0 Å². The Kier molecular flexibility index (Phi) is 5.08.